The smallest absolute Gasteiger partial charge is 0.398 e. The first-order valence-corrected chi connectivity index (χ1v) is 7.84. The van der Waals surface area contributed by atoms with Crippen molar-refractivity contribution in [1.29, 1.82) is 0 Å². The van der Waals surface area contributed by atoms with E-state index < -0.39 is 29.9 Å². The number of hydrogen-bond acceptors (Lipinski definition) is 3. The second-order valence-corrected chi connectivity index (χ2v) is 6.78. The Morgan fingerprint density at radius 1 is 1.24 bits per heavy atom. The SMILES string of the molecule is CC1(C)COc2c1cc(C(CN)C(F)(F)F)nc2-c1ccc(F)cc1. The van der Waals surface area contributed by atoms with Gasteiger partial charge >= 0.3 is 6.18 Å². The molecule has 1 aliphatic heterocycles. The van der Waals surface area contributed by atoms with Crippen molar-refractivity contribution in [3.8, 4) is 17.0 Å². The van der Waals surface area contributed by atoms with Gasteiger partial charge in [-0.3, -0.25) is 0 Å². The quantitative estimate of drug-likeness (QED) is 0.842. The van der Waals surface area contributed by atoms with Crippen molar-refractivity contribution in [1.82, 2.24) is 4.98 Å². The molecule has 2 heterocycles. The zero-order valence-corrected chi connectivity index (χ0v) is 13.8. The predicted octanol–water partition coefficient (Wildman–Crippen LogP) is 4.16. The zero-order valence-electron chi connectivity index (χ0n) is 13.8. The van der Waals surface area contributed by atoms with E-state index >= 15 is 0 Å². The first-order chi connectivity index (χ1) is 11.6. The second-order valence-electron chi connectivity index (χ2n) is 6.78. The number of nitrogens with zero attached hydrogens (tertiary/aromatic N) is 1. The third-order valence-corrected chi connectivity index (χ3v) is 4.40. The maximum atomic E-state index is 13.3. The van der Waals surface area contributed by atoms with E-state index in [1.807, 2.05) is 13.8 Å². The van der Waals surface area contributed by atoms with Crippen LogP contribution < -0.4 is 10.5 Å². The largest absolute Gasteiger partial charge is 0.490 e. The van der Waals surface area contributed by atoms with Gasteiger partial charge in [-0.15, -0.1) is 0 Å². The highest BCUT2D eigenvalue weighted by Crippen LogP contribution is 2.46. The molecule has 1 aromatic heterocycles. The molecule has 0 aliphatic carbocycles. The van der Waals surface area contributed by atoms with Crippen LogP contribution in [0, 0.1) is 5.82 Å². The summed E-state index contributed by atoms with van der Waals surface area (Å²) in [5, 5.41) is 0. The summed E-state index contributed by atoms with van der Waals surface area (Å²) >= 11 is 0. The van der Waals surface area contributed by atoms with Crippen molar-refractivity contribution in [3.63, 3.8) is 0 Å². The fourth-order valence-corrected chi connectivity index (χ4v) is 2.94. The van der Waals surface area contributed by atoms with Crippen molar-refractivity contribution in [2.45, 2.75) is 31.4 Å². The fraction of sp³-hybridized carbons (Fsp3) is 0.389. The molecule has 7 heteroatoms. The minimum atomic E-state index is -4.50. The highest BCUT2D eigenvalue weighted by Gasteiger charge is 2.43. The predicted molar refractivity (Wildman–Crippen MR) is 86.0 cm³/mol. The van der Waals surface area contributed by atoms with Gasteiger partial charge in [0.1, 0.15) is 23.2 Å². The summed E-state index contributed by atoms with van der Waals surface area (Å²) in [6, 6.07) is 6.85. The number of ether oxygens (including phenoxy) is 1. The van der Waals surface area contributed by atoms with Gasteiger partial charge in [-0.2, -0.15) is 13.2 Å². The molecule has 0 fully saturated rings. The summed E-state index contributed by atoms with van der Waals surface area (Å²) in [6.07, 6.45) is -4.50. The van der Waals surface area contributed by atoms with Gasteiger partial charge in [-0.1, -0.05) is 13.8 Å². The lowest BCUT2D eigenvalue weighted by Crippen LogP contribution is -2.29. The number of pyridine rings is 1. The molecule has 3 nitrogen and oxygen atoms in total. The Morgan fingerprint density at radius 2 is 1.88 bits per heavy atom. The Labute approximate surface area is 142 Å². The van der Waals surface area contributed by atoms with Gasteiger partial charge in [-0.25, -0.2) is 9.37 Å². The molecular weight excluding hydrogens is 336 g/mol. The van der Waals surface area contributed by atoms with E-state index in [0.29, 0.717) is 23.5 Å². The van der Waals surface area contributed by atoms with Gasteiger partial charge in [0, 0.05) is 23.1 Å². The highest BCUT2D eigenvalue weighted by atomic mass is 19.4. The first-order valence-electron chi connectivity index (χ1n) is 7.84. The summed E-state index contributed by atoms with van der Waals surface area (Å²) in [5.74, 6) is -1.86. The molecule has 1 aromatic carbocycles. The minimum absolute atomic E-state index is 0.147. The van der Waals surface area contributed by atoms with Crippen LogP contribution in [0.5, 0.6) is 5.75 Å². The van der Waals surface area contributed by atoms with Crippen molar-refractivity contribution in [3.05, 3.63) is 47.4 Å². The Hall–Kier alpha value is -2.15. The van der Waals surface area contributed by atoms with Crippen molar-refractivity contribution >= 4 is 0 Å². The van der Waals surface area contributed by atoms with Crippen LogP contribution >= 0.6 is 0 Å². The summed E-state index contributed by atoms with van der Waals surface area (Å²) in [7, 11) is 0. The van der Waals surface area contributed by atoms with Gasteiger partial charge in [-0.05, 0) is 30.3 Å². The van der Waals surface area contributed by atoms with E-state index in [4.69, 9.17) is 10.5 Å². The Balaban J connectivity index is 2.23. The molecule has 1 aliphatic rings. The summed E-state index contributed by atoms with van der Waals surface area (Å²) in [5.41, 5.74) is 6.20. The van der Waals surface area contributed by atoms with Crippen molar-refractivity contribution in [2.75, 3.05) is 13.2 Å². The molecule has 2 N–H and O–H groups in total. The number of benzene rings is 1. The standard InChI is InChI=1S/C18H18F4N2O/c1-17(2)9-25-16-12(17)7-14(13(8-23)18(20,21)22)24-15(16)10-3-5-11(19)6-4-10/h3-7,13H,8-9,23H2,1-2H3. The van der Waals surface area contributed by atoms with Gasteiger partial charge in [0.15, 0.2) is 0 Å². The van der Waals surface area contributed by atoms with E-state index in [1.54, 1.807) is 0 Å². The molecule has 2 aromatic rings. The van der Waals surface area contributed by atoms with E-state index in [9.17, 15) is 17.6 Å². The maximum Gasteiger partial charge on any atom is 0.398 e. The Morgan fingerprint density at radius 3 is 2.44 bits per heavy atom. The van der Waals surface area contributed by atoms with Crippen molar-refractivity contribution in [2.24, 2.45) is 5.73 Å². The van der Waals surface area contributed by atoms with Gasteiger partial charge in [0.05, 0.1) is 12.3 Å². The van der Waals surface area contributed by atoms with Gasteiger partial charge in [0.25, 0.3) is 0 Å². The van der Waals surface area contributed by atoms with Crippen LogP contribution in [0.3, 0.4) is 0 Å². The summed E-state index contributed by atoms with van der Waals surface area (Å²) in [6.45, 7) is 3.52. The number of hydrogen-bond donors (Lipinski definition) is 1. The Kier molecular flexibility index (Phi) is 4.23. The summed E-state index contributed by atoms with van der Waals surface area (Å²) < 4.78 is 58.9. The van der Waals surface area contributed by atoms with Crippen LogP contribution in [0.2, 0.25) is 0 Å². The molecule has 1 unspecified atom stereocenters. The van der Waals surface area contributed by atoms with Crippen LogP contribution in [-0.4, -0.2) is 24.3 Å². The van der Waals surface area contributed by atoms with Gasteiger partial charge < -0.3 is 10.5 Å². The number of alkyl halides is 3. The fourth-order valence-electron chi connectivity index (χ4n) is 2.94. The number of rotatable bonds is 3. The third kappa shape index (κ3) is 3.20. The number of aromatic nitrogens is 1. The van der Waals surface area contributed by atoms with E-state index in [0.717, 1.165) is 0 Å². The van der Waals surface area contributed by atoms with Crippen LogP contribution in [0.1, 0.15) is 31.0 Å². The number of nitrogens with two attached hydrogens (primary N) is 1. The van der Waals surface area contributed by atoms with Crippen LogP contribution in [0.4, 0.5) is 17.6 Å². The number of halogens is 4. The second kappa shape index (κ2) is 5.98. The van der Waals surface area contributed by atoms with Gasteiger partial charge in [0.2, 0.25) is 0 Å². The molecule has 134 valence electrons. The first kappa shape index (κ1) is 17.7. The van der Waals surface area contributed by atoms with Crippen molar-refractivity contribution < 1.29 is 22.3 Å². The summed E-state index contributed by atoms with van der Waals surface area (Å²) in [4.78, 5) is 4.20. The molecule has 3 rings (SSSR count). The van der Waals surface area contributed by atoms with E-state index in [-0.39, 0.29) is 11.4 Å². The number of fused-ring (bicyclic) bond motifs is 1. The average Bonchev–Trinajstić information content (AvgIpc) is 2.82. The maximum absolute atomic E-state index is 13.3. The topological polar surface area (TPSA) is 48.1 Å². The molecular formula is C18H18F4N2O. The van der Waals surface area contributed by atoms with Crippen LogP contribution in [0.15, 0.2) is 30.3 Å². The highest BCUT2D eigenvalue weighted by molar-refractivity contribution is 5.70. The monoisotopic (exact) mass is 354 g/mol. The lowest BCUT2D eigenvalue weighted by atomic mass is 9.85. The lowest BCUT2D eigenvalue weighted by molar-refractivity contribution is -0.148. The van der Waals surface area contributed by atoms with Crippen LogP contribution in [0.25, 0.3) is 11.3 Å². The average molecular weight is 354 g/mol. The molecule has 0 saturated heterocycles. The lowest BCUT2D eigenvalue weighted by Gasteiger charge is -2.22. The Bertz CT molecular complexity index is 785. The minimum Gasteiger partial charge on any atom is -0.490 e. The van der Waals surface area contributed by atoms with E-state index in [1.165, 1.54) is 30.3 Å². The molecule has 0 saturated carbocycles. The normalized spacial score (nSPS) is 17.1. The zero-order chi connectivity index (χ0) is 18.4. The van der Waals surface area contributed by atoms with Crippen LogP contribution in [-0.2, 0) is 5.41 Å². The molecule has 0 radical (unpaired) electrons. The molecule has 0 bridgehead atoms. The molecule has 0 spiro atoms. The molecule has 0 amide bonds. The molecule has 25 heavy (non-hydrogen) atoms. The molecule has 1 atom stereocenters. The third-order valence-electron chi connectivity index (χ3n) is 4.40. The van der Waals surface area contributed by atoms with E-state index in [2.05, 4.69) is 4.98 Å².